The van der Waals surface area contributed by atoms with Crippen LogP contribution in [0.5, 0.6) is 0 Å². The second-order valence-electron chi connectivity index (χ2n) is 8.47. The molecular formula is C26H31NO2. The monoisotopic (exact) mass is 389 g/mol. The average molecular weight is 390 g/mol. The molecular weight excluding hydrogens is 358 g/mol. The summed E-state index contributed by atoms with van der Waals surface area (Å²) in [5.41, 5.74) is 1.16. The summed E-state index contributed by atoms with van der Waals surface area (Å²) in [6, 6.07) is 16.3. The molecule has 1 saturated carbocycles. The smallest absolute Gasteiger partial charge is 0.238 e. The summed E-state index contributed by atoms with van der Waals surface area (Å²) in [5.74, 6) is -0.146. The molecule has 1 fully saturated rings. The Hall–Kier alpha value is -2.39. The van der Waals surface area contributed by atoms with Gasteiger partial charge in [-0.25, -0.2) is 0 Å². The fourth-order valence-corrected chi connectivity index (χ4v) is 4.97. The largest absolute Gasteiger partial charge is 0.385 e. The zero-order valence-corrected chi connectivity index (χ0v) is 17.3. The van der Waals surface area contributed by atoms with E-state index in [1.165, 1.54) is 6.42 Å². The van der Waals surface area contributed by atoms with Gasteiger partial charge in [0.25, 0.3) is 0 Å². The molecule has 3 nitrogen and oxygen atoms in total. The lowest BCUT2D eigenvalue weighted by Gasteiger charge is -2.36. The normalized spacial score (nSPS) is 17.3. The summed E-state index contributed by atoms with van der Waals surface area (Å²) in [5, 5.41) is 14.0. The summed E-state index contributed by atoms with van der Waals surface area (Å²) < 4.78 is 1.70. The van der Waals surface area contributed by atoms with Gasteiger partial charge < -0.3 is 5.11 Å². The minimum atomic E-state index is -0.851. The minimum absolute atomic E-state index is 0.0967. The van der Waals surface area contributed by atoms with Gasteiger partial charge in [-0.3, -0.25) is 9.36 Å². The third-order valence-corrected chi connectivity index (χ3v) is 6.49. The highest BCUT2D eigenvalue weighted by atomic mass is 16.3. The Labute approximate surface area is 173 Å². The first-order valence-electron chi connectivity index (χ1n) is 11.1. The van der Waals surface area contributed by atoms with E-state index in [2.05, 4.69) is 31.2 Å². The summed E-state index contributed by atoms with van der Waals surface area (Å²) >= 11 is 0. The number of carbonyl (C=O) groups excluding carboxylic acids is 1. The van der Waals surface area contributed by atoms with E-state index in [-0.39, 0.29) is 11.8 Å². The van der Waals surface area contributed by atoms with Crippen LogP contribution in [-0.2, 0) is 5.60 Å². The molecule has 29 heavy (non-hydrogen) atoms. The van der Waals surface area contributed by atoms with Crippen LogP contribution < -0.4 is 0 Å². The summed E-state index contributed by atoms with van der Waals surface area (Å²) in [6.45, 7) is 2.16. The predicted octanol–water partition coefficient (Wildman–Crippen LogP) is 6.41. The molecule has 2 aromatic carbocycles. The van der Waals surface area contributed by atoms with E-state index in [1.54, 1.807) is 4.57 Å². The second kappa shape index (κ2) is 8.54. The van der Waals surface area contributed by atoms with Gasteiger partial charge in [0.05, 0.1) is 11.5 Å². The number of benzene rings is 2. The third kappa shape index (κ3) is 3.89. The van der Waals surface area contributed by atoms with E-state index in [1.807, 2.05) is 36.7 Å². The highest BCUT2D eigenvalue weighted by Gasteiger charge is 2.37. The Morgan fingerprint density at radius 2 is 1.76 bits per heavy atom. The van der Waals surface area contributed by atoms with E-state index >= 15 is 0 Å². The highest BCUT2D eigenvalue weighted by Crippen LogP contribution is 2.44. The van der Waals surface area contributed by atoms with Crippen molar-refractivity contribution in [1.82, 2.24) is 4.57 Å². The quantitative estimate of drug-likeness (QED) is 0.529. The van der Waals surface area contributed by atoms with Gasteiger partial charge in [0.15, 0.2) is 0 Å². The van der Waals surface area contributed by atoms with Crippen LogP contribution in [0.2, 0.25) is 0 Å². The van der Waals surface area contributed by atoms with Gasteiger partial charge >= 0.3 is 0 Å². The van der Waals surface area contributed by atoms with Gasteiger partial charge in [-0.05, 0) is 53.3 Å². The molecule has 4 rings (SSSR count). The van der Waals surface area contributed by atoms with Gasteiger partial charge in [0, 0.05) is 12.4 Å². The highest BCUT2D eigenvalue weighted by molar-refractivity contribution is 5.92. The Kier molecular flexibility index (Phi) is 5.86. The van der Waals surface area contributed by atoms with Crippen LogP contribution in [0.25, 0.3) is 10.8 Å². The topological polar surface area (TPSA) is 42.2 Å². The zero-order valence-electron chi connectivity index (χ0n) is 17.3. The first-order chi connectivity index (χ1) is 14.1. The third-order valence-electron chi connectivity index (χ3n) is 6.49. The lowest BCUT2D eigenvalue weighted by Crippen LogP contribution is -2.32. The van der Waals surface area contributed by atoms with Crippen molar-refractivity contribution >= 4 is 16.7 Å². The van der Waals surface area contributed by atoms with Crippen LogP contribution in [0.1, 0.15) is 80.1 Å². The van der Waals surface area contributed by atoms with E-state index < -0.39 is 5.60 Å². The standard InChI is InChI=1S/C26H31NO2/c1-2-3-12-23(25(28)27-18-9-10-19-27)22-15-14-20-11-5-6-13-21(20)24(22)26(29)16-7-4-8-17-26/h5-6,9-11,13-15,18-19,23,29H,2-4,7-8,12,16-17H2,1H3/t23-/m0/s1. The molecule has 1 heterocycles. The molecule has 0 bridgehead atoms. The van der Waals surface area contributed by atoms with Crippen molar-refractivity contribution in [1.29, 1.82) is 0 Å². The van der Waals surface area contributed by atoms with Crippen molar-refractivity contribution in [2.45, 2.75) is 69.8 Å². The van der Waals surface area contributed by atoms with Gasteiger partial charge in [0.2, 0.25) is 5.91 Å². The molecule has 3 aromatic rings. The molecule has 152 valence electrons. The van der Waals surface area contributed by atoms with Crippen molar-refractivity contribution in [3.8, 4) is 0 Å². The molecule has 3 heteroatoms. The van der Waals surface area contributed by atoms with Crippen LogP contribution >= 0.6 is 0 Å². The molecule has 1 N–H and O–H groups in total. The molecule has 1 aliphatic carbocycles. The first-order valence-corrected chi connectivity index (χ1v) is 11.1. The number of nitrogens with zero attached hydrogens (tertiary/aromatic N) is 1. The maximum Gasteiger partial charge on any atom is 0.238 e. The molecule has 0 amide bonds. The molecule has 0 saturated heterocycles. The van der Waals surface area contributed by atoms with Crippen LogP contribution in [0, 0.1) is 0 Å². The molecule has 0 spiro atoms. The summed E-state index contributed by atoms with van der Waals surface area (Å²) in [7, 11) is 0. The van der Waals surface area contributed by atoms with Crippen LogP contribution in [-0.4, -0.2) is 15.6 Å². The Balaban J connectivity index is 1.90. The molecule has 1 atom stereocenters. The summed E-state index contributed by atoms with van der Waals surface area (Å²) in [6.07, 6.45) is 11.3. The first kappa shape index (κ1) is 19.9. The number of carbonyl (C=O) groups is 1. The Bertz CT molecular complexity index is 968. The minimum Gasteiger partial charge on any atom is -0.385 e. The fourth-order valence-electron chi connectivity index (χ4n) is 4.97. The number of hydrogen-bond acceptors (Lipinski definition) is 2. The van der Waals surface area contributed by atoms with Crippen molar-refractivity contribution in [3.05, 3.63) is 72.1 Å². The van der Waals surface area contributed by atoms with E-state index in [0.29, 0.717) is 0 Å². The molecule has 0 aliphatic heterocycles. The van der Waals surface area contributed by atoms with Gasteiger partial charge in [-0.15, -0.1) is 0 Å². The zero-order chi connectivity index (χ0) is 20.3. The van der Waals surface area contributed by atoms with Gasteiger partial charge in [-0.1, -0.05) is 75.4 Å². The van der Waals surface area contributed by atoms with E-state index in [4.69, 9.17) is 0 Å². The second-order valence-corrected chi connectivity index (χ2v) is 8.47. The van der Waals surface area contributed by atoms with E-state index in [9.17, 15) is 9.90 Å². The number of hydrogen-bond donors (Lipinski definition) is 1. The SMILES string of the molecule is CCCC[C@H](C(=O)n1cccc1)c1ccc2ccccc2c1C1(O)CCCCC1. The van der Waals surface area contributed by atoms with Crippen LogP contribution in [0.3, 0.4) is 0 Å². The molecule has 0 unspecified atom stereocenters. The lowest BCUT2D eigenvalue weighted by molar-refractivity contribution is -0.000274. The predicted molar refractivity (Wildman–Crippen MR) is 118 cm³/mol. The van der Waals surface area contributed by atoms with E-state index in [0.717, 1.165) is 66.8 Å². The maximum atomic E-state index is 13.5. The van der Waals surface area contributed by atoms with Crippen LogP contribution in [0.4, 0.5) is 0 Å². The molecule has 0 radical (unpaired) electrons. The molecule has 1 aliphatic rings. The number of aliphatic hydroxyl groups is 1. The maximum absolute atomic E-state index is 13.5. The van der Waals surface area contributed by atoms with Gasteiger partial charge in [0.1, 0.15) is 0 Å². The Morgan fingerprint density at radius 1 is 1.03 bits per heavy atom. The molecule has 1 aromatic heterocycles. The number of rotatable bonds is 6. The number of aromatic nitrogens is 1. The van der Waals surface area contributed by atoms with Crippen molar-refractivity contribution < 1.29 is 9.90 Å². The van der Waals surface area contributed by atoms with Crippen molar-refractivity contribution in [2.75, 3.05) is 0 Å². The Morgan fingerprint density at radius 3 is 2.48 bits per heavy atom. The van der Waals surface area contributed by atoms with Crippen LogP contribution in [0.15, 0.2) is 60.9 Å². The number of fused-ring (bicyclic) bond motifs is 1. The van der Waals surface area contributed by atoms with Crippen molar-refractivity contribution in [2.24, 2.45) is 0 Å². The van der Waals surface area contributed by atoms with Crippen molar-refractivity contribution in [3.63, 3.8) is 0 Å². The van der Waals surface area contributed by atoms with Gasteiger partial charge in [-0.2, -0.15) is 0 Å². The fraction of sp³-hybridized carbons (Fsp3) is 0.423. The average Bonchev–Trinajstić information content (AvgIpc) is 3.29. The lowest BCUT2D eigenvalue weighted by atomic mass is 9.73. The number of unbranched alkanes of at least 4 members (excludes halogenated alkanes) is 1. The summed E-state index contributed by atoms with van der Waals surface area (Å²) in [4.78, 5) is 13.5.